The number of carbonyl (C=O) groups excluding carboxylic acids is 1. The van der Waals surface area contributed by atoms with Crippen molar-refractivity contribution in [3.63, 3.8) is 0 Å². The predicted octanol–water partition coefficient (Wildman–Crippen LogP) is 3.96. The van der Waals surface area contributed by atoms with E-state index in [9.17, 15) is 13.6 Å². The molecule has 0 atom stereocenters. The lowest BCUT2D eigenvalue weighted by molar-refractivity contribution is 0.101. The second-order valence-electron chi connectivity index (χ2n) is 3.76. The Kier molecular flexibility index (Phi) is 3.37. The molecule has 18 heavy (non-hydrogen) atoms. The molecular weight excluding hydrogens is 238 g/mol. The van der Waals surface area contributed by atoms with Gasteiger partial charge in [0, 0.05) is 6.07 Å². The van der Waals surface area contributed by atoms with Gasteiger partial charge in [0.1, 0.15) is 23.1 Å². The lowest BCUT2D eigenvalue weighted by Gasteiger charge is -2.09. The van der Waals surface area contributed by atoms with Crippen molar-refractivity contribution in [3.05, 3.63) is 59.7 Å². The van der Waals surface area contributed by atoms with Crippen molar-refractivity contribution in [1.29, 1.82) is 0 Å². The normalized spacial score (nSPS) is 10.2. The van der Waals surface area contributed by atoms with Crippen LogP contribution in [0.15, 0.2) is 42.5 Å². The zero-order valence-corrected chi connectivity index (χ0v) is 9.61. The van der Waals surface area contributed by atoms with Crippen LogP contribution in [0.1, 0.15) is 17.3 Å². The summed E-state index contributed by atoms with van der Waals surface area (Å²) in [5.41, 5.74) is 0.124. The van der Waals surface area contributed by atoms with E-state index in [4.69, 9.17) is 4.74 Å². The van der Waals surface area contributed by atoms with Gasteiger partial charge in [0.25, 0.3) is 0 Å². The average Bonchev–Trinajstić information content (AvgIpc) is 2.31. The fourth-order valence-electron chi connectivity index (χ4n) is 1.52. The lowest BCUT2D eigenvalue weighted by Crippen LogP contribution is -1.98. The zero-order chi connectivity index (χ0) is 13.1. The van der Waals surface area contributed by atoms with Gasteiger partial charge in [-0.05, 0) is 37.3 Å². The minimum Gasteiger partial charge on any atom is -0.457 e. The summed E-state index contributed by atoms with van der Waals surface area (Å²) in [5.74, 6) is -0.828. The number of carbonyl (C=O) groups is 1. The second-order valence-corrected chi connectivity index (χ2v) is 3.76. The zero-order valence-electron chi connectivity index (χ0n) is 9.61. The SMILES string of the molecule is CC(=O)c1cc(F)ccc1Oc1cccc(F)c1. The van der Waals surface area contributed by atoms with Crippen LogP contribution in [0.25, 0.3) is 0 Å². The molecule has 0 fully saturated rings. The van der Waals surface area contributed by atoms with E-state index in [0.29, 0.717) is 0 Å². The Morgan fingerprint density at radius 1 is 1.06 bits per heavy atom. The van der Waals surface area contributed by atoms with Gasteiger partial charge in [-0.3, -0.25) is 4.79 Å². The molecule has 2 aromatic carbocycles. The van der Waals surface area contributed by atoms with Gasteiger partial charge < -0.3 is 4.74 Å². The minimum atomic E-state index is -0.521. The molecule has 0 saturated carbocycles. The van der Waals surface area contributed by atoms with Crippen molar-refractivity contribution in [2.75, 3.05) is 0 Å². The Bertz CT molecular complexity index is 594. The third-order valence-electron chi connectivity index (χ3n) is 2.34. The van der Waals surface area contributed by atoms with Crippen LogP contribution in [0.3, 0.4) is 0 Å². The van der Waals surface area contributed by atoms with Crippen LogP contribution >= 0.6 is 0 Å². The van der Waals surface area contributed by atoms with Crippen LogP contribution in [0.4, 0.5) is 8.78 Å². The van der Waals surface area contributed by atoms with Crippen LogP contribution in [-0.2, 0) is 0 Å². The van der Waals surface area contributed by atoms with Crippen molar-refractivity contribution >= 4 is 5.78 Å². The smallest absolute Gasteiger partial charge is 0.163 e. The highest BCUT2D eigenvalue weighted by atomic mass is 19.1. The molecule has 0 saturated heterocycles. The van der Waals surface area contributed by atoms with Crippen LogP contribution in [0.2, 0.25) is 0 Å². The molecule has 0 spiro atoms. The maximum absolute atomic E-state index is 13.0. The van der Waals surface area contributed by atoms with Crippen molar-refractivity contribution in [1.82, 2.24) is 0 Å². The Morgan fingerprint density at radius 2 is 1.78 bits per heavy atom. The molecule has 0 aromatic heterocycles. The molecule has 0 unspecified atom stereocenters. The molecule has 92 valence electrons. The molecule has 0 bridgehead atoms. The van der Waals surface area contributed by atoms with E-state index in [1.54, 1.807) is 6.07 Å². The van der Waals surface area contributed by atoms with E-state index < -0.39 is 11.6 Å². The quantitative estimate of drug-likeness (QED) is 0.768. The van der Waals surface area contributed by atoms with Gasteiger partial charge >= 0.3 is 0 Å². The first-order valence-corrected chi connectivity index (χ1v) is 5.30. The molecule has 0 aliphatic carbocycles. The molecule has 2 nitrogen and oxygen atoms in total. The average molecular weight is 248 g/mol. The Balaban J connectivity index is 2.37. The molecule has 2 rings (SSSR count). The second kappa shape index (κ2) is 4.96. The first-order chi connectivity index (χ1) is 8.56. The molecule has 2 aromatic rings. The fraction of sp³-hybridized carbons (Fsp3) is 0.0714. The summed E-state index contributed by atoms with van der Waals surface area (Å²) in [4.78, 5) is 11.4. The largest absolute Gasteiger partial charge is 0.457 e. The molecule has 4 heteroatoms. The predicted molar refractivity (Wildman–Crippen MR) is 62.9 cm³/mol. The van der Waals surface area contributed by atoms with Gasteiger partial charge in [-0.2, -0.15) is 0 Å². The summed E-state index contributed by atoms with van der Waals surface area (Å²) in [7, 11) is 0. The summed E-state index contributed by atoms with van der Waals surface area (Å²) in [5, 5.41) is 0. The lowest BCUT2D eigenvalue weighted by atomic mass is 10.1. The highest BCUT2D eigenvalue weighted by molar-refractivity contribution is 5.96. The molecule has 0 heterocycles. The number of rotatable bonds is 3. The first-order valence-electron chi connectivity index (χ1n) is 5.30. The minimum absolute atomic E-state index is 0.124. The summed E-state index contributed by atoms with van der Waals surface area (Å²) < 4.78 is 31.4. The van der Waals surface area contributed by atoms with E-state index in [-0.39, 0.29) is 22.8 Å². The number of hydrogen-bond acceptors (Lipinski definition) is 2. The Morgan fingerprint density at radius 3 is 2.44 bits per heavy atom. The third-order valence-corrected chi connectivity index (χ3v) is 2.34. The third kappa shape index (κ3) is 2.71. The molecule has 0 amide bonds. The highest BCUT2D eigenvalue weighted by Crippen LogP contribution is 2.26. The van der Waals surface area contributed by atoms with Crippen molar-refractivity contribution in [2.45, 2.75) is 6.92 Å². The number of halogens is 2. The van der Waals surface area contributed by atoms with E-state index in [1.165, 1.54) is 37.3 Å². The van der Waals surface area contributed by atoms with E-state index >= 15 is 0 Å². The Labute approximate surface area is 103 Å². The van der Waals surface area contributed by atoms with Crippen LogP contribution < -0.4 is 4.74 Å². The van der Waals surface area contributed by atoms with Crippen molar-refractivity contribution in [3.8, 4) is 11.5 Å². The first kappa shape index (κ1) is 12.2. The monoisotopic (exact) mass is 248 g/mol. The summed E-state index contributed by atoms with van der Waals surface area (Å²) in [6, 6.07) is 9.13. The number of Topliss-reactive ketones (excluding diaryl/α,β-unsaturated/α-hetero) is 1. The molecule has 0 aliphatic rings. The molecule has 0 radical (unpaired) electrons. The van der Waals surface area contributed by atoms with Gasteiger partial charge in [-0.15, -0.1) is 0 Å². The van der Waals surface area contributed by atoms with Gasteiger partial charge in [0.05, 0.1) is 5.56 Å². The van der Waals surface area contributed by atoms with E-state index in [0.717, 1.165) is 6.07 Å². The highest BCUT2D eigenvalue weighted by Gasteiger charge is 2.11. The molecule has 0 N–H and O–H groups in total. The van der Waals surface area contributed by atoms with E-state index in [1.807, 2.05) is 0 Å². The van der Waals surface area contributed by atoms with Crippen LogP contribution in [-0.4, -0.2) is 5.78 Å². The summed E-state index contributed by atoms with van der Waals surface area (Å²) in [6.07, 6.45) is 0. The number of ketones is 1. The summed E-state index contributed by atoms with van der Waals surface area (Å²) in [6.45, 7) is 1.31. The number of hydrogen-bond donors (Lipinski definition) is 0. The Hall–Kier alpha value is -2.23. The molecule has 0 aliphatic heterocycles. The standard InChI is InChI=1S/C14H10F2O2/c1-9(17)13-8-11(16)5-6-14(13)18-12-4-2-3-10(15)7-12/h2-8H,1H3. The van der Waals surface area contributed by atoms with Gasteiger partial charge in [-0.1, -0.05) is 6.07 Å². The van der Waals surface area contributed by atoms with Gasteiger partial charge in [0.2, 0.25) is 0 Å². The number of benzene rings is 2. The summed E-state index contributed by atoms with van der Waals surface area (Å²) >= 11 is 0. The maximum Gasteiger partial charge on any atom is 0.163 e. The van der Waals surface area contributed by atoms with Crippen LogP contribution in [0.5, 0.6) is 11.5 Å². The van der Waals surface area contributed by atoms with Crippen molar-refractivity contribution in [2.24, 2.45) is 0 Å². The maximum atomic E-state index is 13.0. The van der Waals surface area contributed by atoms with Crippen molar-refractivity contribution < 1.29 is 18.3 Å². The van der Waals surface area contributed by atoms with Gasteiger partial charge in [-0.25, -0.2) is 8.78 Å². The van der Waals surface area contributed by atoms with Crippen LogP contribution in [0, 0.1) is 11.6 Å². The topological polar surface area (TPSA) is 26.3 Å². The molecular formula is C14H10F2O2. The fourth-order valence-corrected chi connectivity index (χ4v) is 1.52. The number of ether oxygens (including phenoxy) is 1. The van der Waals surface area contributed by atoms with E-state index in [2.05, 4.69) is 0 Å². The van der Waals surface area contributed by atoms with Gasteiger partial charge in [0.15, 0.2) is 5.78 Å².